The normalized spacial score (nSPS) is 14.8. The Morgan fingerprint density at radius 2 is 2.00 bits per heavy atom. The molecule has 2 rings (SSSR count). The van der Waals surface area contributed by atoms with Crippen molar-refractivity contribution in [2.75, 3.05) is 33.2 Å². The van der Waals surface area contributed by atoms with E-state index < -0.39 is 0 Å². The minimum Gasteiger partial charge on any atom is -0.347 e. The van der Waals surface area contributed by atoms with Crippen molar-refractivity contribution in [3.05, 3.63) is 35.6 Å². The van der Waals surface area contributed by atoms with Gasteiger partial charge in [-0.15, -0.1) is 12.4 Å². The van der Waals surface area contributed by atoms with Gasteiger partial charge < -0.3 is 15.5 Å². The minimum absolute atomic E-state index is 0. The average Bonchev–Trinajstić information content (AvgIpc) is 2.54. The van der Waals surface area contributed by atoms with Gasteiger partial charge in [0.1, 0.15) is 5.82 Å². The van der Waals surface area contributed by atoms with Crippen molar-refractivity contribution in [2.45, 2.75) is 19.3 Å². The number of hydrogen-bond donors (Lipinski definition) is 2. The van der Waals surface area contributed by atoms with Crippen LogP contribution in [0.3, 0.4) is 0 Å². The van der Waals surface area contributed by atoms with E-state index in [1.165, 1.54) is 12.1 Å². The van der Waals surface area contributed by atoms with Crippen molar-refractivity contribution in [2.24, 2.45) is 5.92 Å². The molecule has 1 aromatic carbocycles. The van der Waals surface area contributed by atoms with E-state index >= 15 is 0 Å². The summed E-state index contributed by atoms with van der Waals surface area (Å²) in [7, 11) is 1.94. The van der Waals surface area contributed by atoms with Crippen molar-refractivity contribution in [1.82, 2.24) is 15.5 Å². The van der Waals surface area contributed by atoms with Gasteiger partial charge in [-0.05, 0) is 50.0 Å². The fraction of sp³-hybridized carbons (Fsp3) is 0.529. The van der Waals surface area contributed by atoms with Crippen LogP contribution in [0.15, 0.2) is 24.3 Å². The molecule has 1 aliphatic heterocycles. The summed E-state index contributed by atoms with van der Waals surface area (Å²) < 4.78 is 13.1. The molecule has 0 radical (unpaired) electrons. The third kappa shape index (κ3) is 6.45. The van der Waals surface area contributed by atoms with Crippen molar-refractivity contribution < 1.29 is 14.0 Å². The monoisotopic (exact) mass is 357 g/mol. The number of halogens is 2. The van der Waals surface area contributed by atoms with E-state index in [-0.39, 0.29) is 43.0 Å². The quantitative estimate of drug-likeness (QED) is 0.808. The van der Waals surface area contributed by atoms with Crippen LogP contribution in [0.4, 0.5) is 4.39 Å². The second kappa shape index (κ2) is 10.3. The molecule has 0 atom stereocenters. The van der Waals surface area contributed by atoms with E-state index in [4.69, 9.17) is 0 Å². The molecule has 0 saturated carbocycles. The predicted octanol–water partition coefficient (Wildman–Crippen LogP) is 1.36. The maximum absolute atomic E-state index is 13.1. The Labute approximate surface area is 148 Å². The van der Waals surface area contributed by atoms with E-state index in [0.717, 1.165) is 32.5 Å². The number of carbonyl (C=O) groups excluding carboxylic acids is 2. The lowest BCUT2D eigenvalue weighted by Gasteiger charge is -2.32. The van der Waals surface area contributed by atoms with E-state index in [1.54, 1.807) is 17.0 Å². The summed E-state index contributed by atoms with van der Waals surface area (Å²) in [6, 6.07) is 5.92. The number of likely N-dealkylation sites (tertiary alicyclic amines) is 1. The Kier molecular flexibility index (Phi) is 8.71. The number of nitrogens with zero attached hydrogens (tertiary/aromatic N) is 1. The maximum Gasteiger partial charge on any atom is 0.241 e. The number of hydrogen-bond acceptors (Lipinski definition) is 3. The van der Waals surface area contributed by atoms with Gasteiger partial charge in [0.05, 0.1) is 13.0 Å². The van der Waals surface area contributed by atoms with Crippen LogP contribution in [-0.4, -0.2) is 49.9 Å². The number of piperidine rings is 1. The summed E-state index contributed by atoms with van der Waals surface area (Å²) in [6.07, 6.45) is 2.06. The smallest absolute Gasteiger partial charge is 0.241 e. The Morgan fingerprint density at radius 1 is 1.29 bits per heavy atom. The zero-order valence-corrected chi connectivity index (χ0v) is 14.7. The topological polar surface area (TPSA) is 61.4 Å². The van der Waals surface area contributed by atoms with E-state index in [0.29, 0.717) is 11.5 Å². The molecule has 1 heterocycles. The van der Waals surface area contributed by atoms with Gasteiger partial charge in [-0.25, -0.2) is 4.39 Å². The Bertz CT molecular complexity index is 548. The molecule has 1 aliphatic rings. The first-order valence-electron chi connectivity index (χ1n) is 8.02. The number of benzene rings is 1. The summed E-state index contributed by atoms with van der Waals surface area (Å²) in [5.41, 5.74) is 0.600. The molecule has 1 aromatic rings. The molecular formula is C17H25ClFN3O2. The molecule has 0 aromatic heterocycles. The summed E-state index contributed by atoms with van der Waals surface area (Å²) in [4.78, 5) is 25.7. The van der Waals surface area contributed by atoms with Crippen molar-refractivity contribution >= 4 is 24.2 Å². The van der Waals surface area contributed by atoms with Crippen LogP contribution in [0.5, 0.6) is 0 Å². The lowest BCUT2D eigenvalue weighted by atomic mass is 9.97. The molecular weight excluding hydrogens is 333 g/mol. The van der Waals surface area contributed by atoms with Crippen LogP contribution in [-0.2, 0) is 16.0 Å². The molecule has 0 aliphatic carbocycles. The van der Waals surface area contributed by atoms with Crippen LogP contribution in [0, 0.1) is 11.7 Å². The molecule has 2 N–H and O–H groups in total. The first-order chi connectivity index (χ1) is 11.1. The summed E-state index contributed by atoms with van der Waals surface area (Å²) in [5, 5.41) is 5.78. The molecule has 0 spiro atoms. The summed E-state index contributed by atoms with van der Waals surface area (Å²) in [6.45, 7) is 2.47. The standard InChI is InChI=1S/C17H24FN3O2.ClH/c1-19-11-13-5-7-21(8-6-13)17(23)12-20-16(22)10-14-3-2-4-15(18)9-14;/h2-4,9,13,19H,5-8,10-12H2,1H3,(H,20,22);1H. The number of carbonyl (C=O) groups is 2. The molecule has 1 fully saturated rings. The van der Waals surface area contributed by atoms with Gasteiger partial charge in [-0.2, -0.15) is 0 Å². The molecule has 24 heavy (non-hydrogen) atoms. The van der Waals surface area contributed by atoms with Gasteiger partial charge >= 0.3 is 0 Å². The lowest BCUT2D eigenvalue weighted by Crippen LogP contribution is -2.45. The number of rotatable bonds is 6. The van der Waals surface area contributed by atoms with Crippen LogP contribution >= 0.6 is 12.4 Å². The van der Waals surface area contributed by atoms with Gasteiger partial charge in [0.15, 0.2) is 0 Å². The van der Waals surface area contributed by atoms with E-state index in [1.807, 2.05) is 7.05 Å². The highest BCUT2D eigenvalue weighted by Gasteiger charge is 2.22. The third-order valence-corrected chi connectivity index (χ3v) is 4.15. The number of amides is 2. The molecule has 134 valence electrons. The van der Waals surface area contributed by atoms with Crippen LogP contribution in [0.1, 0.15) is 18.4 Å². The fourth-order valence-electron chi connectivity index (χ4n) is 2.86. The largest absolute Gasteiger partial charge is 0.347 e. The van der Waals surface area contributed by atoms with Crippen molar-refractivity contribution in [3.63, 3.8) is 0 Å². The molecule has 0 bridgehead atoms. The summed E-state index contributed by atoms with van der Waals surface area (Å²) >= 11 is 0. The highest BCUT2D eigenvalue weighted by Crippen LogP contribution is 2.16. The SMILES string of the molecule is CNCC1CCN(C(=O)CNC(=O)Cc2cccc(F)c2)CC1.Cl. The Morgan fingerprint density at radius 3 is 2.62 bits per heavy atom. The minimum atomic E-state index is -0.365. The third-order valence-electron chi connectivity index (χ3n) is 4.15. The molecule has 5 nitrogen and oxygen atoms in total. The van der Waals surface area contributed by atoms with Crippen LogP contribution in [0.2, 0.25) is 0 Å². The van der Waals surface area contributed by atoms with E-state index in [9.17, 15) is 14.0 Å². The number of nitrogens with one attached hydrogen (secondary N) is 2. The second-order valence-electron chi connectivity index (χ2n) is 5.97. The van der Waals surface area contributed by atoms with Crippen LogP contribution in [0.25, 0.3) is 0 Å². The van der Waals surface area contributed by atoms with Crippen molar-refractivity contribution in [1.29, 1.82) is 0 Å². The lowest BCUT2D eigenvalue weighted by molar-refractivity contribution is -0.133. The van der Waals surface area contributed by atoms with Gasteiger partial charge in [-0.3, -0.25) is 9.59 Å². The van der Waals surface area contributed by atoms with Gasteiger partial charge in [0, 0.05) is 13.1 Å². The Balaban J connectivity index is 0.00000288. The Hall–Kier alpha value is -1.66. The first kappa shape index (κ1) is 20.4. The molecule has 1 saturated heterocycles. The highest BCUT2D eigenvalue weighted by atomic mass is 35.5. The van der Waals surface area contributed by atoms with Gasteiger partial charge in [0.25, 0.3) is 0 Å². The van der Waals surface area contributed by atoms with E-state index in [2.05, 4.69) is 10.6 Å². The first-order valence-corrected chi connectivity index (χ1v) is 8.02. The van der Waals surface area contributed by atoms with Crippen molar-refractivity contribution in [3.8, 4) is 0 Å². The zero-order valence-electron chi connectivity index (χ0n) is 13.9. The maximum atomic E-state index is 13.1. The second-order valence-corrected chi connectivity index (χ2v) is 5.97. The highest BCUT2D eigenvalue weighted by molar-refractivity contribution is 5.86. The van der Waals surface area contributed by atoms with Gasteiger partial charge in [0.2, 0.25) is 11.8 Å². The molecule has 2 amide bonds. The predicted molar refractivity (Wildman–Crippen MR) is 93.6 cm³/mol. The van der Waals surface area contributed by atoms with Gasteiger partial charge in [-0.1, -0.05) is 12.1 Å². The fourth-order valence-corrected chi connectivity index (χ4v) is 2.86. The molecule has 7 heteroatoms. The van der Waals surface area contributed by atoms with Crippen LogP contribution < -0.4 is 10.6 Å². The molecule has 0 unspecified atom stereocenters. The summed E-state index contributed by atoms with van der Waals surface area (Å²) in [5.74, 6) is -0.0723. The zero-order chi connectivity index (χ0) is 16.7. The average molecular weight is 358 g/mol.